The summed E-state index contributed by atoms with van der Waals surface area (Å²) in [6, 6.07) is 0.0613. The molecule has 1 unspecified atom stereocenters. The minimum absolute atomic E-state index is 0.0613. The molecule has 1 aromatic rings. The van der Waals surface area contributed by atoms with E-state index in [0.29, 0.717) is 0 Å². The van der Waals surface area contributed by atoms with Gasteiger partial charge < -0.3 is 4.74 Å². The van der Waals surface area contributed by atoms with E-state index < -0.39 is 0 Å². The normalized spacial score (nSPS) is 21.0. The van der Waals surface area contributed by atoms with Crippen molar-refractivity contribution in [2.75, 3.05) is 6.61 Å². The maximum absolute atomic E-state index is 6.22. The zero-order chi connectivity index (χ0) is 13.7. The fraction of sp³-hybridized carbons (Fsp3) is 0.714. The molecule has 1 aliphatic rings. The van der Waals surface area contributed by atoms with Crippen molar-refractivity contribution < 1.29 is 4.74 Å². The summed E-state index contributed by atoms with van der Waals surface area (Å²) in [4.78, 5) is 0. The van der Waals surface area contributed by atoms with Crippen LogP contribution in [0, 0.1) is 0 Å². The molecular weight excluding hydrogens is 324 g/mol. The van der Waals surface area contributed by atoms with Gasteiger partial charge in [0.15, 0.2) is 0 Å². The highest BCUT2D eigenvalue weighted by Gasteiger charge is 2.41. The van der Waals surface area contributed by atoms with Crippen LogP contribution in [0.5, 0.6) is 0 Å². The van der Waals surface area contributed by atoms with Gasteiger partial charge in [-0.2, -0.15) is 11.3 Å². The minimum atomic E-state index is -0.163. The van der Waals surface area contributed by atoms with Crippen molar-refractivity contribution in [2.45, 2.75) is 57.1 Å². The second-order valence-electron chi connectivity index (χ2n) is 5.19. The first-order chi connectivity index (χ1) is 9.23. The Bertz CT molecular complexity index is 389. The van der Waals surface area contributed by atoms with Crippen molar-refractivity contribution in [3.63, 3.8) is 0 Å². The number of ether oxygens (including phenoxy) is 1. The molecule has 2 rings (SSSR count). The number of nitrogens with two attached hydrogens (primary N) is 1. The van der Waals surface area contributed by atoms with Crippen molar-refractivity contribution in [3.8, 4) is 0 Å². The molecule has 1 fully saturated rings. The van der Waals surface area contributed by atoms with Gasteiger partial charge in [-0.25, -0.2) is 5.43 Å². The van der Waals surface area contributed by atoms with Crippen molar-refractivity contribution in [2.24, 2.45) is 5.84 Å². The van der Waals surface area contributed by atoms with E-state index in [1.807, 2.05) is 0 Å². The number of thiophene rings is 1. The van der Waals surface area contributed by atoms with Gasteiger partial charge >= 0.3 is 0 Å². The summed E-state index contributed by atoms with van der Waals surface area (Å²) >= 11 is 5.33. The molecule has 1 saturated carbocycles. The van der Waals surface area contributed by atoms with Gasteiger partial charge in [0, 0.05) is 16.5 Å². The van der Waals surface area contributed by atoms with Crippen LogP contribution in [0.1, 0.15) is 57.1 Å². The Hall–Kier alpha value is 0.0600. The molecule has 0 amide bonds. The van der Waals surface area contributed by atoms with Crippen LogP contribution in [0.3, 0.4) is 0 Å². The first-order valence-corrected chi connectivity index (χ1v) is 8.79. The second-order valence-corrected chi connectivity index (χ2v) is 6.78. The Balaban J connectivity index is 2.31. The maximum atomic E-state index is 6.22. The van der Waals surface area contributed by atoms with Crippen molar-refractivity contribution in [3.05, 3.63) is 20.8 Å². The fourth-order valence-corrected chi connectivity index (χ4v) is 4.71. The standard InChI is InChI=1S/C14H23BrN2OS/c1-2-18-14(7-5-3-4-6-8-14)13(17-16)11-9-19-10-12(11)15/h9-10,13,17H,2-8,16H2,1H3. The van der Waals surface area contributed by atoms with Crippen LogP contribution in [0.4, 0.5) is 0 Å². The van der Waals surface area contributed by atoms with Gasteiger partial charge in [-0.3, -0.25) is 5.84 Å². The third-order valence-electron chi connectivity index (χ3n) is 4.03. The molecule has 0 saturated heterocycles. The van der Waals surface area contributed by atoms with Gasteiger partial charge in [-0.15, -0.1) is 0 Å². The summed E-state index contributed by atoms with van der Waals surface area (Å²) in [7, 11) is 0. The van der Waals surface area contributed by atoms with Crippen LogP contribution < -0.4 is 11.3 Å². The topological polar surface area (TPSA) is 47.3 Å². The Morgan fingerprint density at radius 2 is 2.05 bits per heavy atom. The SMILES string of the molecule is CCOC1(C(NN)c2cscc2Br)CCCCCC1. The Kier molecular flexibility index (Phi) is 5.84. The van der Waals surface area contributed by atoms with E-state index >= 15 is 0 Å². The first-order valence-electron chi connectivity index (χ1n) is 7.05. The smallest absolute Gasteiger partial charge is 0.0889 e. The van der Waals surface area contributed by atoms with Crippen LogP contribution in [-0.4, -0.2) is 12.2 Å². The van der Waals surface area contributed by atoms with E-state index in [1.165, 1.54) is 31.2 Å². The number of rotatable bonds is 5. The lowest BCUT2D eigenvalue weighted by molar-refractivity contribution is -0.0783. The number of hydrazine groups is 1. The molecule has 0 aromatic carbocycles. The van der Waals surface area contributed by atoms with E-state index in [2.05, 4.69) is 39.0 Å². The lowest BCUT2D eigenvalue weighted by Gasteiger charge is -2.40. The highest BCUT2D eigenvalue weighted by molar-refractivity contribution is 9.10. The molecule has 0 radical (unpaired) electrons. The van der Waals surface area contributed by atoms with Crippen LogP contribution in [0.15, 0.2) is 15.2 Å². The van der Waals surface area contributed by atoms with Crippen LogP contribution >= 0.6 is 27.3 Å². The molecule has 0 bridgehead atoms. The lowest BCUT2D eigenvalue weighted by atomic mass is 9.83. The Morgan fingerprint density at radius 1 is 1.37 bits per heavy atom. The molecule has 3 N–H and O–H groups in total. The predicted molar refractivity (Wildman–Crippen MR) is 84.1 cm³/mol. The summed E-state index contributed by atoms with van der Waals surface area (Å²) in [5.74, 6) is 5.88. The Morgan fingerprint density at radius 3 is 2.53 bits per heavy atom. The summed E-state index contributed by atoms with van der Waals surface area (Å²) in [6.45, 7) is 2.81. The maximum Gasteiger partial charge on any atom is 0.0889 e. The molecule has 1 aliphatic carbocycles. The van der Waals surface area contributed by atoms with E-state index in [1.54, 1.807) is 11.3 Å². The van der Waals surface area contributed by atoms with Crippen LogP contribution in [-0.2, 0) is 4.74 Å². The van der Waals surface area contributed by atoms with Gasteiger partial charge in [0.2, 0.25) is 0 Å². The van der Waals surface area contributed by atoms with Crippen molar-refractivity contribution in [1.29, 1.82) is 0 Å². The van der Waals surface area contributed by atoms with E-state index in [4.69, 9.17) is 10.6 Å². The van der Waals surface area contributed by atoms with E-state index in [-0.39, 0.29) is 11.6 Å². The molecule has 1 atom stereocenters. The average molecular weight is 347 g/mol. The first kappa shape index (κ1) is 15.4. The molecule has 1 aromatic heterocycles. The average Bonchev–Trinajstić information content (AvgIpc) is 2.68. The second kappa shape index (κ2) is 7.18. The van der Waals surface area contributed by atoms with Gasteiger partial charge in [0.25, 0.3) is 0 Å². The Labute approximate surface area is 128 Å². The summed E-state index contributed by atoms with van der Waals surface area (Å²) in [5.41, 5.74) is 4.08. The number of nitrogens with one attached hydrogen (secondary N) is 1. The number of hydrogen-bond donors (Lipinski definition) is 2. The monoisotopic (exact) mass is 346 g/mol. The summed E-state index contributed by atoms with van der Waals surface area (Å²) in [6.07, 6.45) is 7.21. The number of halogens is 1. The van der Waals surface area contributed by atoms with Crippen molar-refractivity contribution >= 4 is 27.3 Å². The molecule has 1 heterocycles. The van der Waals surface area contributed by atoms with Crippen molar-refractivity contribution in [1.82, 2.24) is 5.43 Å². The minimum Gasteiger partial charge on any atom is -0.373 e. The highest BCUT2D eigenvalue weighted by atomic mass is 79.9. The molecule has 3 nitrogen and oxygen atoms in total. The third-order valence-corrected chi connectivity index (χ3v) is 5.78. The molecule has 5 heteroatoms. The predicted octanol–water partition coefficient (Wildman–Crippen LogP) is 4.14. The zero-order valence-corrected chi connectivity index (χ0v) is 13.9. The molecule has 108 valence electrons. The molecule has 19 heavy (non-hydrogen) atoms. The third kappa shape index (κ3) is 3.39. The molecule has 0 aliphatic heterocycles. The van der Waals surface area contributed by atoms with Gasteiger partial charge in [-0.05, 0) is 46.6 Å². The zero-order valence-electron chi connectivity index (χ0n) is 11.5. The fourth-order valence-electron chi connectivity index (χ4n) is 3.15. The number of hydrogen-bond acceptors (Lipinski definition) is 4. The lowest BCUT2D eigenvalue weighted by Crippen LogP contribution is -2.48. The van der Waals surface area contributed by atoms with Gasteiger partial charge in [-0.1, -0.05) is 25.7 Å². The summed E-state index contributed by atoms with van der Waals surface area (Å²) < 4.78 is 7.35. The van der Waals surface area contributed by atoms with Gasteiger partial charge in [0.05, 0.1) is 11.6 Å². The molecular formula is C14H23BrN2OS. The largest absolute Gasteiger partial charge is 0.373 e. The summed E-state index contributed by atoms with van der Waals surface area (Å²) in [5, 5.41) is 4.27. The quantitative estimate of drug-likeness (QED) is 0.478. The van der Waals surface area contributed by atoms with Gasteiger partial charge in [0.1, 0.15) is 0 Å². The van der Waals surface area contributed by atoms with E-state index in [9.17, 15) is 0 Å². The van der Waals surface area contributed by atoms with E-state index in [0.717, 1.165) is 23.9 Å². The van der Waals surface area contributed by atoms with Crippen LogP contribution in [0.25, 0.3) is 0 Å². The highest BCUT2D eigenvalue weighted by Crippen LogP contribution is 2.43. The molecule has 0 spiro atoms. The van der Waals surface area contributed by atoms with Crippen LogP contribution in [0.2, 0.25) is 0 Å².